The molecule has 2 saturated heterocycles. The maximum atomic E-state index is 3.78. The first-order valence-electron chi connectivity index (χ1n) is 7.20. The summed E-state index contributed by atoms with van der Waals surface area (Å²) < 4.78 is 0. The second kappa shape index (κ2) is 5.50. The third-order valence-electron chi connectivity index (χ3n) is 4.70. The van der Waals surface area contributed by atoms with Crippen LogP contribution >= 0.6 is 0 Å². The Kier molecular flexibility index (Phi) is 4.26. The Morgan fingerprint density at radius 1 is 1.12 bits per heavy atom. The molecule has 1 unspecified atom stereocenters. The first kappa shape index (κ1) is 12.4. The van der Waals surface area contributed by atoms with Crippen molar-refractivity contribution in [2.24, 2.45) is 5.92 Å². The van der Waals surface area contributed by atoms with Crippen molar-refractivity contribution in [1.82, 2.24) is 10.2 Å². The maximum Gasteiger partial charge on any atom is 0.0217 e. The lowest BCUT2D eigenvalue weighted by Crippen LogP contribution is -2.47. The van der Waals surface area contributed by atoms with Gasteiger partial charge in [0.15, 0.2) is 0 Å². The van der Waals surface area contributed by atoms with E-state index in [1.165, 1.54) is 64.7 Å². The van der Waals surface area contributed by atoms with Crippen LogP contribution in [-0.2, 0) is 0 Å². The number of hydrogen-bond acceptors (Lipinski definition) is 2. The highest BCUT2D eigenvalue weighted by molar-refractivity contribution is 4.96. The maximum absolute atomic E-state index is 3.78. The summed E-state index contributed by atoms with van der Waals surface area (Å²) in [4.78, 5) is 2.67. The molecule has 0 aromatic heterocycles. The van der Waals surface area contributed by atoms with Crippen LogP contribution in [-0.4, -0.2) is 36.6 Å². The van der Waals surface area contributed by atoms with Gasteiger partial charge >= 0.3 is 0 Å². The molecule has 16 heavy (non-hydrogen) atoms. The largest absolute Gasteiger partial charge is 0.311 e. The van der Waals surface area contributed by atoms with Gasteiger partial charge in [0, 0.05) is 5.54 Å². The number of piperidine rings is 1. The van der Waals surface area contributed by atoms with Gasteiger partial charge in [-0.25, -0.2) is 0 Å². The van der Waals surface area contributed by atoms with Gasteiger partial charge in [-0.05, 0) is 64.2 Å². The summed E-state index contributed by atoms with van der Waals surface area (Å²) in [6.07, 6.45) is 8.40. The van der Waals surface area contributed by atoms with Gasteiger partial charge in [-0.3, -0.25) is 0 Å². The summed E-state index contributed by atoms with van der Waals surface area (Å²) in [5.41, 5.74) is 0.456. The monoisotopic (exact) mass is 224 g/mol. The number of nitrogens with zero attached hydrogens (tertiary/aromatic N) is 1. The third kappa shape index (κ3) is 2.78. The van der Waals surface area contributed by atoms with Crippen LogP contribution in [0.1, 0.15) is 52.4 Å². The molecule has 2 fully saturated rings. The summed E-state index contributed by atoms with van der Waals surface area (Å²) >= 11 is 0. The van der Waals surface area contributed by atoms with Gasteiger partial charge in [0.1, 0.15) is 0 Å². The Hall–Kier alpha value is -0.0800. The molecule has 0 saturated carbocycles. The first-order chi connectivity index (χ1) is 7.73. The lowest BCUT2D eigenvalue weighted by Gasteiger charge is -2.37. The number of nitrogens with one attached hydrogen (secondary N) is 1. The van der Waals surface area contributed by atoms with Gasteiger partial charge in [0.25, 0.3) is 0 Å². The minimum absolute atomic E-state index is 0.456. The van der Waals surface area contributed by atoms with Crippen LogP contribution in [0.25, 0.3) is 0 Å². The Morgan fingerprint density at radius 3 is 2.44 bits per heavy atom. The topological polar surface area (TPSA) is 15.3 Å². The predicted molar refractivity (Wildman–Crippen MR) is 69.7 cm³/mol. The minimum atomic E-state index is 0.456. The Balaban J connectivity index is 1.81. The fourth-order valence-corrected chi connectivity index (χ4v) is 3.37. The highest BCUT2D eigenvalue weighted by Crippen LogP contribution is 2.31. The van der Waals surface area contributed by atoms with Crippen LogP contribution in [0.5, 0.6) is 0 Å². The number of likely N-dealkylation sites (tertiary alicyclic amines) is 1. The second-order valence-electron chi connectivity index (χ2n) is 5.99. The van der Waals surface area contributed by atoms with E-state index >= 15 is 0 Å². The van der Waals surface area contributed by atoms with Crippen molar-refractivity contribution in [2.45, 2.75) is 57.9 Å². The standard InChI is InChI=1S/C14H28N2/c1-13(2)14(7-6-9-15-14)8-12-16-10-4-3-5-11-16/h13,15H,3-12H2,1-2H3. The Labute approximate surface area is 101 Å². The second-order valence-corrected chi connectivity index (χ2v) is 5.99. The van der Waals surface area contributed by atoms with E-state index in [0.29, 0.717) is 5.54 Å². The molecule has 2 rings (SSSR count). The molecule has 2 heterocycles. The molecule has 94 valence electrons. The van der Waals surface area contributed by atoms with Crippen LogP contribution in [0.2, 0.25) is 0 Å². The van der Waals surface area contributed by atoms with Gasteiger partial charge in [-0.15, -0.1) is 0 Å². The molecule has 2 heteroatoms. The lowest BCUT2D eigenvalue weighted by atomic mass is 9.82. The highest BCUT2D eigenvalue weighted by atomic mass is 15.1. The average molecular weight is 224 g/mol. The van der Waals surface area contributed by atoms with Crippen LogP contribution < -0.4 is 5.32 Å². The normalized spacial score (nSPS) is 32.4. The van der Waals surface area contributed by atoms with E-state index in [9.17, 15) is 0 Å². The molecular weight excluding hydrogens is 196 g/mol. The zero-order valence-electron chi connectivity index (χ0n) is 11.1. The van der Waals surface area contributed by atoms with Gasteiger partial charge in [0.05, 0.1) is 0 Å². The lowest BCUT2D eigenvalue weighted by molar-refractivity contribution is 0.172. The molecule has 2 nitrogen and oxygen atoms in total. The molecule has 0 spiro atoms. The molecule has 1 atom stereocenters. The van der Waals surface area contributed by atoms with Gasteiger partial charge in [-0.2, -0.15) is 0 Å². The molecule has 0 aliphatic carbocycles. The molecule has 0 aromatic carbocycles. The molecule has 0 radical (unpaired) electrons. The van der Waals surface area contributed by atoms with Crippen molar-refractivity contribution in [3.05, 3.63) is 0 Å². The van der Waals surface area contributed by atoms with Gasteiger partial charge in [0.2, 0.25) is 0 Å². The Morgan fingerprint density at radius 2 is 1.88 bits per heavy atom. The van der Waals surface area contributed by atoms with Gasteiger partial charge < -0.3 is 10.2 Å². The summed E-state index contributed by atoms with van der Waals surface area (Å²) in [6.45, 7) is 9.99. The van der Waals surface area contributed by atoms with E-state index in [1.807, 2.05) is 0 Å². The quantitative estimate of drug-likeness (QED) is 0.790. The molecule has 2 aliphatic rings. The highest BCUT2D eigenvalue weighted by Gasteiger charge is 2.36. The molecule has 1 N–H and O–H groups in total. The smallest absolute Gasteiger partial charge is 0.0217 e. The van der Waals surface area contributed by atoms with Crippen molar-refractivity contribution in [2.75, 3.05) is 26.2 Å². The summed E-state index contributed by atoms with van der Waals surface area (Å²) in [5, 5.41) is 3.78. The molecule has 2 aliphatic heterocycles. The van der Waals surface area contributed by atoms with E-state index in [2.05, 4.69) is 24.1 Å². The summed E-state index contributed by atoms with van der Waals surface area (Å²) in [5.74, 6) is 0.778. The fraction of sp³-hybridized carbons (Fsp3) is 1.00. The van der Waals surface area contributed by atoms with Crippen molar-refractivity contribution in [1.29, 1.82) is 0 Å². The fourth-order valence-electron chi connectivity index (χ4n) is 3.37. The van der Waals surface area contributed by atoms with E-state index < -0.39 is 0 Å². The first-order valence-corrected chi connectivity index (χ1v) is 7.20. The summed E-state index contributed by atoms with van der Waals surface area (Å²) in [6, 6.07) is 0. The van der Waals surface area contributed by atoms with Crippen molar-refractivity contribution in [3.63, 3.8) is 0 Å². The zero-order valence-corrected chi connectivity index (χ0v) is 11.1. The predicted octanol–water partition coefficient (Wildman–Crippen LogP) is 2.64. The zero-order chi connectivity index (χ0) is 11.4. The van der Waals surface area contributed by atoms with Gasteiger partial charge in [-0.1, -0.05) is 20.3 Å². The van der Waals surface area contributed by atoms with Crippen molar-refractivity contribution >= 4 is 0 Å². The molecule has 0 amide bonds. The van der Waals surface area contributed by atoms with Crippen LogP contribution in [0.3, 0.4) is 0 Å². The van der Waals surface area contributed by atoms with Crippen molar-refractivity contribution < 1.29 is 0 Å². The minimum Gasteiger partial charge on any atom is -0.311 e. The third-order valence-corrected chi connectivity index (χ3v) is 4.70. The SMILES string of the molecule is CC(C)C1(CCN2CCCCC2)CCCN1. The summed E-state index contributed by atoms with van der Waals surface area (Å²) in [7, 11) is 0. The van der Waals surface area contributed by atoms with E-state index in [1.54, 1.807) is 0 Å². The molecule has 0 aromatic rings. The van der Waals surface area contributed by atoms with E-state index in [4.69, 9.17) is 0 Å². The van der Waals surface area contributed by atoms with E-state index in [-0.39, 0.29) is 0 Å². The van der Waals surface area contributed by atoms with E-state index in [0.717, 1.165) is 5.92 Å². The Bertz CT molecular complexity index is 201. The van der Waals surface area contributed by atoms with Crippen LogP contribution in [0.15, 0.2) is 0 Å². The number of rotatable bonds is 4. The van der Waals surface area contributed by atoms with Crippen LogP contribution in [0, 0.1) is 5.92 Å². The molecular formula is C14H28N2. The number of hydrogen-bond donors (Lipinski definition) is 1. The molecule has 0 bridgehead atoms. The average Bonchev–Trinajstić information content (AvgIpc) is 2.78. The van der Waals surface area contributed by atoms with Crippen LogP contribution in [0.4, 0.5) is 0 Å². The van der Waals surface area contributed by atoms with Crippen molar-refractivity contribution in [3.8, 4) is 0 Å².